The number of fused-ring (bicyclic) bond motifs is 1. The number of benzene rings is 3. The van der Waals surface area contributed by atoms with Gasteiger partial charge in [-0.2, -0.15) is 0 Å². The van der Waals surface area contributed by atoms with Crippen LogP contribution in [0.3, 0.4) is 0 Å². The first kappa shape index (κ1) is 29.7. The molecule has 6 nitrogen and oxygen atoms in total. The minimum absolute atomic E-state index is 0.0686. The lowest BCUT2D eigenvalue weighted by Gasteiger charge is -2.46. The van der Waals surface area contributed by atoms with Gasteiger partial charge in [-0.15, -0.1) is 0 Å². The molecule has 0 radical (unpaired) electrons. The van der Waals surface area contributed by atoms with Crippen LogP contribution in [0.2, 0.25) is 0 Å². The highest BCUT2D eigenvalue weighted by Gasteiger charge is 2.34. The van der Waals surface area contributed by atoms with Crippen LogP contribution in [0.25, 0.3) is 10.8 Å². The molecule has 2 fully saturated rings. The van der Waals surface area contributed by atoms with Gasteiger partial charge in [0.1, 0.15) is 0 Å². The van der Waals surface area contributed by atoms with Crippen molar-refractivity contribution >= 4 is 16.7 Å². The number of rotatable bonds is 10. The third-order valence-corrected chi connectivity index (χ3v) is 9.11. The molecule has 0 aromatic heterocycles. The normalized spacial score (nSPS) is 21.3. The van der Waals surface area contributed by atoms with Crippen molar-refractivity contribution in [1.29, 1.82) is 0 Å². The maximum atomic E-state index is 13.7. The van der Waals surface area contributed by atoms with Crippen LogP contribution in [0.5, 0.6) is 0 Å². The molecular weight excluding hydrogens is 506 g/mol. The molecule has 3 aromatic carbocycles. The molecule has 2 heterocycles. The van der Waals surface area contributed by atoms with E-state index in [9.17, 15) is 4.79 Å². The van der Waals surface area contributed by atoms with E-state index in [1.165, 1.54) is 27.5 Å². The quantitative estimate of drug-likeness (QED) is 0.394. The SMILES string of the molecule is Cc1ccc(C[C@H](N)CN2C[C@@H](C)N(C(=O)Cc3ccc4ccccc4c3)C[C@@H]2CCCN2CCNCC2)c(C)c1. The Morgan fingerprint density at radius 3 is 2.56 bits per heavy atom. The van der Waals surface area contributed by atoms with Crippen LogP contribution in [0.15, 0.2) is 60.7 Å². The summed E-state index contributed by atoms with van der Waals surface area (Å²) < 4.78 is 0. The number of aryl methyl sites for hydroxylation is 2. The highest BCUT2D eigenvalue weighted by atomic mass is 16.2. The lowest BCUT2D eigenvalue weighted by atomic mass is 9.97. The summed E-state index contributed by atoms with van der Waals surface area (Å²) in [6, 6.07) is 22.0. The Bertz CT molecular complexity index is 1300. The highest BCUT2D eigenvalue weighted by molar-refractivity contribution is 5.85. The first-order valence-corrected chi connectivity index (χ1v) is 15.6. The van der Waals surface area contributed by atoms with Crippen molar-refractivity contribution in [2.75, 3.05) is 52.4 Å². The summed E-state index contributed by atoms with van der Waals surface area (Å²) in [6.45, 7) is 14.6. The number of hydrogen-bond acceptors (Lipinski definition) is 5. The number of carbonyl (C=O) groups is 1. The topological polar surface area (TPSA) is 64.8 Å². The van der Waals surface area contributed by atoms with E-state index in [1.807, 2.05) is 0 Å². The zero-order valence-corrected chi connectivity index (χ0v) is 25.3. The Morgan fingerprint density at radius 2 is 1.78 bits per heavy atom. The van der Waals surface area contributed by atoms with Crippen molar-refractivity contribution in [3.8, 4) is 0 Å². The Hall–Kier alpha value is -2.77. The smallest absolute Gasteiger partial charge is 0.227 e. The molecule has 2 saturated heterocycles. The van der Waals surface area contributed by atoms with Crippen LogP contribution >= 0.6 is 0 Å². The van der Waals surface area contributed by atoms with Gasteiger partial charge in [0.15, 0.2) is 0 Å². The first-order valence-electron chi connectivity index (χ1n) is 15.6. The van der Waals surface area contributed by atoms with Crippen LogP contribution in [0.4, 0.5) is 0 Å². The number of amides is 1. The summed E-state index contributed by atoms with van der Waals surface area (Å²) in [4.78, 5) is 21.0. The molecule has 5 rings (SSSR count). The largest absolute Gasteiger partial charge is 0.337 e. The molecule has 3 N–H and O–H groups in total. The summed E-state index contributed by atoms with van der Waals surface area (Å²) in [5.41, 5.74) is 11.9. The fraction of sp³-hybridized carbons (Fsp3) is 0.514. The number of carbonyl (C=O) groups excluding carboxylic acids is 1. The molecule has 0 aliphatic carbocycles. The van der Waals surface area contributed by atoms with E-state index >= 15 is 0 Å². The number of nitrogens with zero attached hydrogens (tertiary/aromatic N) is 3. The minimum atomic E-state index is 0.0686. The summed E-state index contributed by atoms with van der Waals surface area (Å²) in [5, 5.41) is 5.86. The molecular formula is C35H49N5O. The second-order valence-corrected chi connectivity index (χ2v) is 12.5. The maximum absolute atomic E-state index is 13.7. The Labute approximate surface area is 246 Å². The Kier molecular flexibility index (Phi) is 10.1. The lowest BCUT2D eigenvalue weighted by molar-refractivity contribution is -0.136. The van der Waals surface area contributed by atoms with Gasteiger partial charge in [0, 0.05) is 63.9 Å². The van der Waals surface area contributed by atoms with E-state index in [4.69, 9.17) is 5.73 Å². The van der Waals surface area contributed by atoms with Gasteiger partial charge in [-0.1, -0.05) is 66.2 Å². The summed E-state index contributed by atoms with van der Waals surface area (Å²) in [7, 11) is 0. The Balaban J connectivity index is 1.25. The van der Waals surface area contributed by atoms with Crippen molar-refractivity contribution < 1.29 is 4.79 Å². The van der Waals surface area contributed by atoms with Gasteiger partial charge < -0.3 is 20.9 Å². The molecule has 220 valence electrons. The van der Waals surface area contributed by atoms with Gasteiger partial charge in [-0.25, -0.2) is 0 Å². The maximum Gasteiger partial charge on any atom is 0.227 e. The van der Waals surface area contributed by atoms with E-state index in [2.05, 4.69) is 101 Å². The molecule has 1 amide bonds. The number of nitrogens with one attached hydrogen (secondary N) is 1. The van der Waals surface area contributed by atoms with Crippen molar-refractivity contribution in [2.45, 2.75) is 64.6 Å². The highest BCUT2D eigenvalue weighted by Crippen LogP contribution is 2.23. The van der Waals surface area contributed by atoms with Gasteiger partial charge in [-0.3, -0.25) is 9.69 Å². The predicted molar refractivity (Wildman–Crippen MR) is 170 cm³/mol. The van der Waals surface area contributed by atoms with Crippen molar-refractivity contribution in [1.82, 2.24) is 20.0 Å². The van der Waals surface area contributed by atoms with E-state index in [0.717, 1.165) is 77.2 Å². The molecule has 0 unspecified atom stereocenters. The third-order valence-electron chi connectivity index (χ3n) is 9.11. The van der Waals surface area contributed by atoms with E-state index < -0.39 is 0 Å². The average molecular weight is 556 g/mol. The molecule has 41 heavy (non-hydrogen) atoms. The molecule has 0 spiro atoms. The predicted octanol–water partition coefficient (Wildman–Crippen LogP) is 4.16. The van der Waals surface area contributed by atoms with Crippen LogP contribution in [0, 0.1) is 13.8 Å². The summed E-state index contributed by atoms with van der Waals surface area (Å²) >= 11 is 0. The van der Waals surface area contributed by atoms with Crippen molar-refractivity contribution in [3.63, 3.8) is 0 Å². The van der Waals surface area contributed by atoms with Crippen LogP contribution in [0.1, 0.15) is 42.0 Å². The van der Waals surface area contributed by atoms with Crippen LogP contribution in [-0.2, 0) is 17.6 Å². The standard InChI is InChI=1S/C35H49N5O/c1-26-10-12-31(27(2)19-26)22-33(36)24-39-23-28(3)40(25-34(39)9-6-16-38-17-14-37-15-18-38)35(41)21-29-11-13-30-7-4-5-8-32(30)20-29/h4-5,7-8,10-13,19-20,28,33-34,37H,6,9,14-18,21-25,36H2,1-3H3/t28-,33+,34+/m1/s1. The van der Waals surface area contributed by atoms with Crippen molar-refractivity contribution in [2.24, 2.45) is 5.73 Å². The van der Waals surface area contributed by atoms with Crippen LogP contribution in [-0.4, -0.2) is 91.1 Å². The number of nitrogens with two attached hydrogens (primary N) is 1. The third kappa shape index (κ3) is 7.95. The molecule has 3 atom stereocenters. The molecule has 0 bridgehead atoms. The number of hydrogen-bond donors (Lipinski definition) is 2. The van der Waals surface area contributed by atoms with E-state index in [-0.39, 0.29) is 18.0 Å². The van der Waals surface area contributed by atoms with Gasteiger partial charge in [-0.05, 0) is 74.0 Å². The Morgan fingerprint density at radius 1 is 1.00 bits per heavy atom. The molecule has 3 aromatic rings. The fourth-order valence-electron chi connectivity index (χ4n) is 6.79. The molecule has 0 saturated carbocycles. The molecule has 2 aliphatic heterocycles. The van der Waals surface area contributed by atoms with Gasteiger partial charge in [0.25, 0.3) is 0 Å². The summed E-state index contributed by atoms with van der Waals surface area (Å²) in [5.74, 6) is 0.235. The van der Waals surface area contributed by atoms with Gasteiger partial charge in [0.05, 0.1) is 6.42 Å². The first-order chi connectivity index (χ1) is 19.9. The second kappa shape index (κ2) is 13.9. The summed E-state index contributed by atoms with van der Waals surface area (Å²) in [6.07, 6.45) is 3.57. The lowest BCUT2D eigenvalue weighted by Crippen LogP contribution is -2.61. The van der Waals surface area contributed by atoms with E-state index in [1.54, 1.807) is 0 Å². The van der Waals surface area contributed by atoms with E-state index in [0.29, 0.717) is 12.5 Å². The fourth-order valence-corrected chi connectivity index (χ4v) is 6.79. The zero-order valence-electron chi connectivity index (χ0n) is 25.3. The van der Waals surface area contributed by atoms with Crippen LogP contribution < -0.4 is 11.1 Å². The van der Waals surface area contributed by atoms with Gasteiger partial charge in [0.2, 0.25) is 5.91 Å². The van der Waals surface area contributed by atoms with Crippen molar-refractivity contribution in [3.05, 3.63) is 82.9 Å². The zero-order chi connectivity index (χ0) is 28.8. The average Bonchev–Trinajstić information content (AvgIpc) is 2.96. The minimum Gasteiger partial charge on any atom is -0.337 e. The second-order valence-electron chi connectivity index (χ2n) is 12.5. The number of piperazine rings is 2. The van der Waals surface area contributed by atoms with Gasteiger partial charge >= 0.3 is 0 Å². The monoisotopic (exact) mass is 555 g/mol. The molecule has 6 heteroatoms. The molecule has 2 aliphatic rings.